The fourth-order valence-electron chi connectivity index (χ4n) is 7.09. The number of carbonyl (C=O) groups excluding carboxylic acids is 2. The van der Waals surface area contributed by atoms with Gasteiger partial charge in [-0.05, 0) is 85.4 Å². The van der Waals surface area contributed by atoms with Crippen LogP contribution in [-0.2, 0) is 27.2 Å². The first-order valence-electron chi connectivity index (χ1n) is 17.5. The van der Waals surface area contributed by atoms with Crippen molar-refractivity contribution >= 4 is 23.4 Å². The molecule has 2 fully saturated rings. The molecule has 3 aromatic carbocycles. The van der Waals surface area contributed by atoms with E-state index in [1.54, 1.807) is 0 Å². The zero-order chi connectivity index (χ0) is 37.1. The monoisotopic (exact) mass is 721 g/mol. The average Bonchev–Trinajstić information content (AvgIpc) is 3.98. The lowest BCUT2D eigenvalue weighted by molar-refractivity contribution is -0.163. The first kappa shape index (κ1) is 37.1. The van der Waals surface area contributed by atoms with Gasteiger partial charge in [-0.1, -0.05) is 48.5 Å². The molecule has 1 aliphatic carbocycles. The van der Waals surface area contributed by atoms with Gasteiger partial charge in [0.25, 0.3) is 11.8 Å². The summed E-state index contributed by atoms with van der Waals surface area (Å²) in [5, 5.41) is 32.9. The van der Waals surface area contributed by atoms with E-state index in [-0.39, 0.29) is 37.7 Å². The minimum Gasteiger partial charge on any atom is -0.488 e. The number of hydrogen-bond donors (Lipinski definition) is 4. The summed E-state index contributed by atoms with van der Waals surface area (Å²) in [6.07, 6.45) is -0.735. The maximum absolute atomic E-state index is 14.7. The van der Waals surface area contributed by atoms with Crippen molar-refractivity contribution in [3.05, 3.63) is 106 Å². The molecule has 2 aliphatic heterocycles. The number of benzene rings is 3. The number of piperazine rings is 1. The van der Waals surface area contributed by atoms with Crippen LogP contribution >= 0.6 is 0 Å². The molecular weight excluding hydrogens is 679 g/mol. The number of ether oxygens (including phenoxy) is 1. The second-order valence-corrected chi connectivity index (χ2v) is 13.7. The molecule has 2 bridgehead atoms. The zero-order valence-electron chi connectivity index (χ0n) is 28.7. The summed E-state index contributed by atoms with van der Waals surface area (Å²) in [6.45, 7) is 2.62. The zero-order valence-corrected chi connectivity index (χ0v) is 28.7. The lowest BCUT2D eigenvalue weighted by Gasteiger charge is -2.45. The highest BCUT2D eigenvalue weighted by molar-refractivity contribution is 6.03. The number of carbonyl (C=O) groups is 3. The number of hydrogen-bond acceptors (Lipinski definition) is 7. The molecule has 2 amide bonds. The van der Waals surface area contributed by atoms with Gasteiger partial charge in [0.05, 0.1) is 12.6 Å². The van der Waals surface area contributed by atoms with Crippen LogP contribution in [0, 0.1) is 24.4 Å². The lowest BCUT2D eigenvalue weighted by atomic mass is 9.82. The molecule has 1 saturated heterocycles. The highest BCUT2D eigenvalue weighted by Gasteiger charge is 2.45. The van der Waals surface area contributed by atoms with E-state index in [1.807, 2.05) is 54.3 Å². The van der Waals surface area contributed by atoms with E-state index in [9.17, 15) is 37.8 Å². The summed E-state index contributed by atoms with van der Waals surface area (Å²) in [5.41, 5.74) is 5.33. The van der Waals surface area contributed by atoms with E-state index in [0.29, 0.717) is 43.9 Å². The summed E-state index contributed by atoms with van der Waals surface area (Å²) in [6, 6.07) is 16.3. The maximum Gasteiger partial charge on any atom is 0.335 e. The second kappa shape index (κ2) is 15.9. The Balaban J connectivity index is 1.24. The summed E-state index contributed by atoms with van der Waals surface area (Å²) in [5.74, 6) is -7.08. The van der Waals surface area contributed by atoms with E-state index in [1.165, 1.54) is 4.90 Å². The maximum atomic E-state index is 14.7. The normalized spacial score (nSPS) is 19.6. The number of rotatable bonds is 14. The van der Waals surface area contributed by atoms with Crippen molar-refractivity contribution in [2.45, 2.75) is 75.8 Å². The molecule has 2 heterocycles. The number of aliphatic hydroxyl groups excluding tert-OH is 2. The highest BCUT2D eigenvalue weighted by Crippen LogP contribution is 2.37. The molecule has 0 aromatic heterocycles. The van der Waals surface area contributed by atoms with E-state index < -0.39 is 53.3 Å². The van der Waals surface area contributed by atoms with Crippen molar-refractivity contribution in [3.8, 4) is 5.75 Å². The molecule has 0 spiro atoms. The number of halogens is 3. The smallest absolute Gasteiger partial charge is 0.335 e. The van der Waals surface area contributed by atoms with Gasteiger partial charge in [0.15, 0.2) is 29.6 Å². The van der Waals surface area contributed by atoms with Crippen molar-refractivity contribution in [1.29, 1.82) is 0 Å². The second-order valence-electron chi connectivity index (χ2n) is 13.7. The fraction of sp³-hybridized carbons (Fsp3) is 0.410. The topological polar surface area (TPSA) is 140 Å². The van der Waals surface area contributed by atoms with Gasteiger partial charge >= 0.3 is 5.97 Å². The van der Waals surface area contributed by atoms with Crippen LogP contribution in [0.2, 0.25) is 0 Å². The number of aliphatic hydroxyl groups is 2. The Hall–Kier alpha value is -4.72. The van der Waals surface area contributed by atoms with Gasteiger partial charge in [-0.3, -0.25) is 9.59 Å². The predicted octanol–water partition coefficient (Wildman–Crippen LogP) is 3.79. The molecule has 0 unspecified atom stereocenters. The van der Waals surface area contributed by atoms with Crippen molar-refractivity contribution < 1.29 is 47.6 Å². The first-order valence-corrected chi connectivity index (χ1v) is 17.5. The largest absolute Gasteiger partial charge is 0.488 e. The van der Waals surface area contributed by atoms with Crippen LogP contribution in [0.4, 0.5) is 13.2 Å². The SMILES string of the molecule is Cc1ccccc1CCN(C(=O)C1=C(c2ccc(CCCOc3c(F)ccc(F)c3F)cc2)C[C@@H]2CN(C(=O)[C@@H](O)[C@H](O)C(=O)O)C[C@H]1N2)C1CC1. The average molecular weight is 722 g/mol. The summed E-state index contributed by atoms with van der Waals surface area (Å²) in [7, 11) is 0. The van der Waals surface area contributed by atoms with Gasteiger partial charge < -0.3 is 35.2 Å². The number of nitrogens with zero attached hydrogens (tertiary/aromatic N) is 2. The van der Waals surface area contributed by atoms with E-state index >= 15 is 0 Å². The van der Waals surface area contributed by atoms with E-state index in [0.717, 1.165) is 46.7 Å². The molecule has 52 heavy (non-hydrogen) atoms. The third kappa shape index (κ3) is 8.16. The molecule has 6 rings (SSSR count). The lowest BCUT2D eigenvalue weighted by Crippen LogP contribution is -2.64. The van der Waals surface area contributed by atoms with Gasteiger partial charge in [0.2, 0.25) is 5.82 Å². The van der Waals surface area contributed by atoms with Gasteiger partial charge in [-0.2, -0.15) is 4.39 Å². The van der Waals surface area contributed by atoms with E-state index in [4.69, 9.17) is 9.84 Å². The Kier molecular flexibility index (Phi) is 11.3. The Morgan fingerprint density at radius 1 is 0.942 bits per heavy atom. The number of carboxylic acid groups (broad SMARTS) is 1. The summed E-state index contributed by atoms with van der Waals surface area (Å²) in [4.78, 5) is 42.4. The van der Waals surface area contributed by atoms with Gasteiger partial charge in [-0.25, -0.2) is 13.6 Å². The van der Waals surface area contributed by atoms with Gasteiger partial charge in [0.1, 0.15) is 0 Å². The van der Waals surface area contributed by atoms with Crippen LogP contribution < -0.4 is 10.1 Å². The third-order valence-electron chi connectivity index (χ3n) is 10.0. The Morgan fingerprint density at radius 3 is 2.35 bits per heavy atom. The molecule has 13 heteroatoms. The number of nitrogens with one attached hydrogen (secondary N) is 1. The molecule has 276 valence electrons. The van der Waals surface area contributed by atoms with Crippen molar-refractivity contribution in [2.24, 2.45) is 0 Å². The van der Waals surface area contributed by atoms with Crippen molar-refractivity contribution in [3.63, 3.8) is 0 Å². The minimum absolute atomic E-state index is 0.00973. The quantitative estimate of drug-likeness (QED) is 0.146. The predicted molar refractivity (Wildman–Crippen MR) is 185 cm³/mol. The van der Waals surface area contributed by atoms with Crippen LogP contribution in [0.25, 0.3) is 5.57 Å². The Bertz CT molecular complexity index is 1850. The van der Waals surface area contributed by atoms with Crippen molar-refractivity contribution in [1.82, 2.24) is 15.1 Å². The molecular formula is C39H42F3N3O7. The number of aliphatic carboxylic acids is 1. The summed E-state index contributed by atoms with van der Waals surface area (Å²) >= 11 is 0. The fourth-order valence-corrected chi connectivity index (χ4v) is 7.09. The molecule has 0 radical (unpaired) electrons. The third-order valence-corrected chi connectivity index (χ3v) is 10.0. The number of carboxylic acids is 1. The van der Waals surface area contributed by atoms with Crippen LogP contribution in [-0.4, -0.2) is 99.5 Å². The standard InChI is InChI=1S/C39H42F3N3O7/c1-22-5-2-3-7-24(22)16-17-45(27-12-13-27)37(48)32-28(19-26-20-44(21-31(32)43-26)38(49)34(46)35(47)39(50)51)25-10-8-23(9-11-25)6-4-18-52-36-30(41)15-14-29(40)33(36)42/h2-3,5,7-11,14-15,26-27,31,34-35,43,46-47H,4,6,12-13,16-21H2,1H3,(H,50,51)/t26-,31-,34+,35+/m1/s1. The van der Waals surface area contributed by atoms with Crippen LogP contribution in [0.3, 0.4) is 0 Å². The Morgan fingerprint density at radius 2 is 1.65 bits per heavy atom. The number of fused-ring (bicyclic) bond motifs is 2. The number of amides is 2. The summed E-state index contributed by atoms with van der Waals surface area (Å²) < 4.78 is 46.6. The molecule has 1 saturated carbocycles. The Labute approximate surface area is 299 Å². The minimum atomic E-state index is -2.28. The molecule has 3 aromatic rings. The first-order chi connectivity index (χ1) is 24.9. The molecule has 4 atom stereocenters. The van der Waals surface area contributed by atoms with Gasteiger partial charge in [0, 0.05) is 37.3 Å². The number of aryl methyl sites for hydroxylation is 2. The molecule has 10 nitrogen and oxygen atoms in total. The molecule has 4 N–H and O–H groups in total. The van der Waals surface area contributed by atoms with Crippen LogP contribution in [0.15, 0.2) is 66.2 Å². The van der Waals surface area contributed by atoms with E-state index in [2.05, 4.69) is 11.4 Å². The van der Waals surface area contributed by atoms with Crippen LogP contribution in [0.5, 0.6) is 5.75 Å². The van der Waals surface area contributed by atoms with Crippen LogP contribution in [0.1, 0.15) is 47.9 Å². The highest BCUT2D eigenvalue weighted by atomic mass is 19.2. The molecule has 3 aliphatic rings. The van der Waals surface area contributed by atoms with Crippen molar-refractivity contribution in [2.75, 3.05) is 26.2 Å². The van der Waals surface area contributed by atoms with Gasteiger partial charge in [-0.15, -0.1) is 0 Å².